The first-order valence-corrected chi connectivity index (χ1v) is 7.81. The average Bonchev–Trinajstić information content (AvgIpc) is 2.56. The number of rotatable bonds is 7. The van der Waals surface area contributed by atoms with E-state index in [1.807, 2.05) is 32.0 Å². The number of hydrogen-bond acceptors (Lipinski definition) is 5. The molecule has 0 saturated heterocycles. The quantitative estimate of drug-likeness (QED) is 0.294. The lowest BCUT2D eigenvalue weighted by atomic mass is 10.1. The molecule has 0 spiro atoms. The van der Waals surface area contributed by atoms with Crippen LogP contribution in [0.1, 0.15) is 24.5 Å². The molecule has 0 aliphatic carbocycles. The van der Waals surface area contributed by atoms with E-state index in [-0.39, 0.29) is 18.9 Å². The highest BCUT2D eigenvalue weighted by Gasteiger charge is 2.12. The van der Waals surface area contributed by atoms with Crippen LogP contribution in [-0.4, -0.2) is 43.7 Å². The maximum absolute atomic E-state index is 12.0. The van der Waals surface area contributed by atoms with Gasteiger partial charge >= 0.3 is 11.8 Å². The van der Waals surface area contributed by atoms with Gasteiger partial charge in [0.1, 0.15) is 0 Å². The summed E-state index contributed by atoms with van der Waals surface area (Å²) in [7, 11) is 1.49. The predicted molar refractivity (Wildman–Crippen MR) is 95.3 cm³/mol. The Hall–Kier alpha value is -2.74. The minimum absolute atomic E-state index is 0.00149. The van der Waals surface area contributed by atoms with Gasteiger partial charge < -0.3 is 15.4 Å². The fourth-order valence-corrected chi connectivity index (χ4v) is 1.84. The monoisotopic (exact) mass is 348 g/mol. The molecule has 0 aliphatic heterocycles. The lowest BCUT2D eigenvalue weighted by Gasteiger charge is -2.08. The van der Waals surface area contributed by atoms with E-state index in [9.17, 15) is 14.4 Å². The van der Waals surface area contributed by atoms with E-state index in [4.69, 9.17) is 4.74 Å². The summed E-state index contributed by atoms with van der Waals surface area (Å²) in [5.41, 5.74) is 5.40. The summed E-state index contributed by atoms with van der Waals surface area (Å²) < 4.78 is 4.76. The largest absolute Gasteiger partial charge is 0.383 e. The van der Waals surface area contributed by atoms with E-state index < -0.39 is 11.8 Å². The number of carbonyl (C=O) groups excluding carboxylic acids is 3. The van der Waals surface area contributed by atoms with Crippen LogP contribution >= 0.6 is 0 Å². The number of methoxy groups -OCH3 is 1. The highest BCUT2D eigenvalue weighted by Crippen LogP contribution is 2.14. The Kier molecular flexibility index (Phi) is 8.28. The molecule has 0 radical (unpaired) electrons. The van der Waals surface area contributed by atoms with Crippen molar-refractivity contribution in [2.75, 3.05) is 25.6 Å². The summed E-state index contributed by atoms with van der Waals surface area (Å²) in [6.07, 6.45) is -0.00149. The third-order valence-electron chi connectivity index (χ3n) is 3.35. The zero-order valence-corrected chi connectivity index (χ0v) is 14.9. The maximum Gasteiger partial charge on any atom is 0.329 e. The first-order valence-electron chi connectivity index (χ1n) is 7.81. The van der Waals surface area contributed by atoms with Crippen molar-refractivity contribution in [1.82, 2.24) is 10.7 Å². The number of hydrazone groups is 1. The van der Waals surface area contributed by atoms with Crippen molar-refractivity contribution in [1.29, 1.82) is 0 Å². The molecule has 0 atom stereocenters. The molecule has 0 bridgehead atoms. The fourth-order valence-electron chi connectivity index (χ4n) is 1.84. The summed E-state index contributed by atoms with van der Waals surface area (Å²) in [6.45, 7) is 6.07. The predicted octanol–water partition coefficient (Wildman–Crippen LogP) is 0.887. The Bertz CT molecular complexity index is 671. The molecule has 3 N–H and O–H groups in total. The Morgan fingerprint density at radius 1 is 1.12 bits per heavy atom. The number of aryl methyl sites for hydroxylation is 2. The van der Waals surface area contributed by atoms with E-state index in [1.54, 1.807) is 6.92 Å². The lowest BCUT2D eigenvalue weighted by Crippen LogP contribution is -2.39. The van der Waals surface area contributed by atoms with Crippen molar-refractivity contribution in [2.45, 2.75) is 27.2 Å². The van der Waals surface area contributed by atoms with Crippen molar-refractivity contribution in [2.24, 2.45) is 5.10 Å². The van der Waals surface area contributed by atoms with Gasteiger partial charge in [-0.2, -0.15) is 5.10 Å². The minimum Gasteiger partial charge on any atom is -0.383 e. The van der Waals surface area contributed by atoms with Crippen LogP contribution in [0.15, 0.2) is 23.3 Å². The maximum atomic E-state index is 12.0. The molecular weight excluding hydrogens is 324 g/mol. The van der Waals surface area contributed by atoms with Crippen molar-refractivity contribution in [3.63, 3.8) is 0 Å². The molecule has 136 valence electrons. The normalized spacial score (nSPS) is 11.0. The number of ether oxygens (including phenoxy) is 1. The van der Waals surface area contributed by atoms with Crippen molar-refractivity contribution in [3.8, 4) is 0 Å². The SMILES string of the molecule is COCCNC(=O)C(=O)NN=C(C)CC(=O)Nc1ccc(C)c(C)c1. The molecular formula is C17H24N4O4. The van der Waals surface area contributed by atoms with E-state index in [2.05, 4.69) is 21.2 Å². The Morgan fingerprint density at radius 3 is 2.48 bits per heavy atom. The van der Waals surface area contributed by atoms with Crippen LogP contribution in [0, 0.1) is 13.8 Å². The van der Waals surface area contributed by atoms with Gasteiger partial charge in [0.25, 0.3) is 0 Å². The van der Waals surface area contributed by atoms with Gasteiger partial charge in [-0.15, -0.1) is 0 Å². The van der Waals surface area contributed by atoms with Gasteiger partial charge in [-0.3, -0.25) is 14.4 Å². The summed E-state index contributed by atoms with van der Waals surface area (Å²) in [6, 6.07) is 5.62. The van der Waals surface area contributed by atoms with Gasteiger partial charge in [0.05, 0.1) is 13.0 Å². The minimum atomic E-state index is -0.898. The summed E-state index contributed by atoms with van der Waals surface area (Å²) >= 11 is 0. The number of hydrogen-bond donors (Lipinski definition) is 3. The summed E-state index contributed by atoms with van der Waals surface area (Å²) in [5, 5.41) is 8.88. The molecule has 1 rings (SSSR count). The van der Waals surface area contributed by atoms with Gasteiger partial charge in [0.15, 0.2) is 0 Å². The second-order valence-electron chi connectivity index (χ2n) is 5.56. The number of benzene rings is 1. The average molecular weight is 348 g/mol. The van der Waals surface area contributed by atoms with E-state index >= 15 is 0 Å². The number of amides is 3. The fraction of sp³-hybridized carbons (Fsp3) is 0.412. The zero-order chi connectivity index (χ0) is 18.8. The molecule has 0 fully saturated rings. The lowest BCUT2D eigenvalue weighted by molar-refractivity contribution is -0.139. The molecule has 1 aromatic rings. The van der Waals surface area contributed by atoms with Crippen LogP contribution in [0.3, 0.4) is 0 Å². The Balaban J connectivity index is 2.45. The van der Waals surface area contributed by atoms with Crippen molar-refractivity contribution >= 4 is 29.1 Å². The number of carbonyl (C=O) groups is 3. The van der Waals surface area contributed by atoms with Gasteiger partial charge in [-0.25, -0.2) is 5.43 Å². The molecule has 0 aromatic heterocycles. The van der Waals surface area contributed by atoms with Gasteiger partial charge in [0.2, 0.25) is 5.91 Å². The molecule has 0 unspecified atom stereocenters. The van der Waals surface area contributed by atoms with Crippen LogP contribution in [0.4, 0.5) is 5.69 Å². The first kappa shape index (κ1) is 20.3. The molecule has 8 nitrogen and oxygen atoms in total. The van der Waals surface area contributed by atoms with Gasteiger partial charge in [-0.1, -0.05) is 6.07 Å². The molecule has 1 aromatic carbocycles. The van der Waals surface area contributed by atoms with Crippen molar-refractivity contribution in [3.05, 3.63) is 29.3 Å². The van der Waals surface area contributed by atoms with E-state index in [0.717, 1.165) is 11.1 Å². The van der Waals surface area contributed by atoms with Gasteiger partial charge in [-0.05, 0) is 44.0 Å². The highest BCUT2D eigenvalue weighted by atomic mass is 16.5. The topological polar surface area (TPSA) is 109 Å². The number of nitrogens with zero attached hydrogens (tertiary/aromatic N) is 1. The number of nitrogens with one attached hydrogen (secondary N) is 3. The van der Waals surface area contributed by atoms with Crippen molar-refractivity contribution < 1.29 is 19.1 Å². The Morgan fingerprint density at radius 2 is 1.84 bits per heavy atom. The third kappa shape index (κ3) is 7.58. The van der Waals surface area contributed by atoms with Crippen LogP contribution in [-0.2, 0) is 19.1 Å². The van der Waals surface area contributed by atoms with Crippen LogP contribution in [0.5, 0.6) is 0 Å². The van der Waals surface area contributed by atoms with E-state index in [0.29, 0.717) is 18.0 Å². The highest BCUT2D eigenvalue weighted by molar-refractivity contribution is 6.35. The standard InChI is InChI=1S/C17H24N4O4/c1-11-5-6-14(9-12(11)2)19-15(22)10-13(3)20-21-17(24)16(23)18-7-8-25-4/h5-6,9H,7-8,10H2,1-4H3,(H,18,23)(H,19,22)(H,21,24). The molecule has 3 amide bonds. The smallest absolute Gasteiger partial charge is 0.329 e. The number of anilines is 1. The van der Waals surface area contributed by atoms with Crippen LogP contribution in [0.25, 0.3) is 0 Å². The second-order valence-corrected chi connectivity index (χ2v) is 5.56. The third-order valence-corrected chi connectivity index (χ3v) is 3.35. The van der Waals surface area contributed by atoms with Crippen LogP contribution < -0.4 is 16.1 Å². The Labute approximate surface area is 147 Å². The van der Waals surface area contributed by atoms with Crippen LogP contribution in [0.2, 0.25) is 0 Å². The summed E-state index contributed by atoms with van der Waals surface area (Å²) in [4.78, 5) is 34.9. The molecule has 0 aliphatic rings. The van der Waals surface area contributed by atoms with Gasteiger partial charge in [0, 0.05) is 25.1 Å². The molecule has 8 heteroatoms. The van der Waals surface area contributed by atoms with E-state index in [1.165, 1.54) is 7.11 Å². The molecule has 0 saturated carbocycles. The second kappa shape index (κ2) is 10.2. The molecule has 25 heavy (non-hydrogen) atoms. The zero-order valence-electron chi connectivity index (χ0n) is 14.9. The first-order chi connectivity index (χ1) is 11.8. The summed E-state index contributed by atoms with van der Waals surface area (Å²) in [5.74, 6) is -1.97. The molecule has 0 heterocycles.